The second-order valence-corrected chi connectivity index (χ2v) is 8.75. The molecule has 4 aromatic rings. The molecule has 0 aliphatic rings. The van der Waals surface area contributed by atoms with E-state index in [2.05, 4.69) is 9.71 Å². The van der Waals surface area contributed by atoms with Gasteiger partial charge in [-0.3, -0.25) is 9.12 Å². The van der Waals surface area contributed by atoms with Crippen molar-refractivity contribution in [1.29, 1.82) is 0 Å². The molecular formula is C18H14ClN3O2S2. The van der Waals surface area contributed by atoms with Crippen molar-refractivity contribution >= 4 is 43.6 Å². The second kappa shape index (κ2) is 6.42. The summed E-state index contributed by atoms with van der Waals surface area (Å²) in [4.78, 5) is 5.62. The number of rotatable bonds is 4. The number of hydrogen-bond donors (Lipinski definition) is 1. The van der Waals surface area contributed by atoms with E-state index < -0.39 is 10.0 Å². The smallest absolute Gasteiger partial charge is 0.261 e. The molecule has 5 nitrogen and oxygen atoms in total. The number of halogens is 1. The molecule has 0 aliphatic heterocycles. The van der Waals surface area contributed by atoms with E-state index in [0.29, 0.717) is 10.7 Å². The molecule has 0 unspecified atom stereocenters. The molecule has 0 radical (unpaired) electrons. The van der Waals surface area contributed by atoms with Gasteiger partial charge >= 0.3 is 0 Å². The van der Waals surface area contributed by atoms with Crippen molar-refractivity contribution in [3.8, 4) is 11.3 Å². The van der Waals surface area contributed by atoms with Gasteiger partial charge in [-0.05, 0) is 37.3 Å². The van der Waals surface area contributed by atoms with E-state index >= 15 is 0 Å². The molecule has 0 fully saturated rings. The number of sulfonamides is 1. The maximum atomic E-state index is 12.6. The average molecular weight is 404 g/mol. The lowest BCUT2D eigenvalue weighted by atomic mass is 10.1. The van der Waals surface area contributed by atoms with Gasteiger partial charge in [0.05, 0.1) is 10.6 Å². The number of imidazole rings is 1. The molecule has 0 saturated heterocycles. The van der Waals surface area contributed by atoms with Gasteiger partial charge in [-0.2, -0.15) is 0 Å². The Hall–Kier alpha value is -2.35. The summed E-state index contributed by atoms with van der Waals surface area (Å²) >= 11 is 7.47. The first kappa shape index (κ1) is 17.1. The highest BCUT2D eigenvalue weighted by Gasteiger charge is 2.15. The van der Waals surface area contributed by atoms with E-state index in [9.17, 15) is 8.42 Å². The number of benzene rings is 2. The predicted molar refractivity (Wildman–Crippen MR) is 106 cm³/mol. The number of thiazole rings is 1. The van der Waals surface area contributed by atoms with Crippen molar-refractivity contribution in [3.05, 3.63) is 70.8 Å². The molecule has 4 rings (SSSR count). The Bertz CT molecular complexity index is 1210. The van der Waals surface area contributed by atoms with Crippen LogP contribution in [0.15, 0.2) is 65.0 Å². The first-order chi connectivity index (χ1) is 12.4. The maximum absolute atomic E-state index is 12.6. The van der Waals surface area contributed by atoms with Crippen molar-refractivity contribution < 1.29 is 8.42 Å². The molecule has 0 aliphatic carbocycles. The van der Waals surface area contributed by atoms with Gasteiger partial charge in [-0.1, -0.05) is 29.8 Å². The lowest BCUT2D eigenvalue weighted by Gasteiger charge is -2.09. The molecule has 26 heavy (non-hydrogen) atoms. The van der Waals surface area contributed by atoms with Gasteiger partial charge < -0.3 is 0 Å². The van der Waals surface area contributed by atoms with E-state index in [1.807, 2.05) is 29.0 Å². The standard InChI is InChI=1S/C18H14ClN3O2S2/c1-12-11-25-18-20-17(10-22(12)18)13-4-2-6-15(8-13)21-26(23,24)16-7-3-5-14(19)9-16/h2-11,21H,1H3. The number of fused-ring (bicyclic) bond motifs is 1. The van der Waals surface area contributed by atoms with Gasteiger partial charge in [0, 0.05) is 33.5 Å². The van der Waals surface area contributed by atoms with Crippen molar-refractivity contribution in [2.24, 2.45) is 0 Å². The topological polar surface area (TPSA) is 63.5 Å². The fraction of sp³-hybridized carbons (Fsp3) is 0.0556. The van der Waals surface area contributed by atoms with Gasteiger partial charge in [0.25, 0.3) is 10.0 Å². The van der Waals surface area contributed by atoms with Gasteiger partial charge in [0.2, 0.25) is 0 Å². The Morgan fingerprint density at radius 1 is 1.15 bits per heavy atom. The summed E-state index contributed by atoms with van der Waals surface area (Å²) < 4.78 is 29.7. The summed E-state index contributed by atoms with van der Waals surface area (Å²) in [5.74, 6) is 0. The summed E-state index contributed by atoms with van der Waals surface area (Å²) in [5, 5.41) is 2.41. The van der Waals surface area contributed by atoms with Crippen LogP contribution in [0.25, 0.3) is 16.2 Å². The SMILES string of the molecule is Cc1csc2nc(-c3cccc(NS(=O)(=O)c4cccc(Cl)c4)c3)cn12. The van der Waals surface area contributed by atoms with Crippen molar-refractivity contribution in [1.82, 2.24) is 9.38 Å². The number of nitrogens with zero attached hydrogens (tertiary/aromatic N) is 2. The summed E-state index contributed by atoms with van der Waals surface area (Å²) in [6.45, 7) is 2.02. The lowest BCUT2D eigenvalue weighted by Crippen LogP contribution is -2.12. The van der Waals surface area contributed by atoms with Gasteiger partial charge in [-0.25, -0.2) is 13.4 Å². The second-order valence-electron chi connectivity index (χ2n) is 5.80. The molecule has 1 N–H and O–H groups in total. The lowest BCUT2D eigenvalue weighted by molar-refractivity contribution is 0.601. The third-order valence-electron chi connectivity index (χ3n) is 3.91. The zero-order chi connectivity index (χ0) is 18.3. The van der Waals surface area contributed by atoms with Crippen molar-refractivity contribution in [2.45, 2.75) is 11.8 Å². The van der Waals surface area contributed by atoms with Crippen LogP contribution in [-0.2, 0) is 10.0 Å². The van der Waals surface area contributed by atoms with Gasteiger partial charge in [0.1, 0.15) is 0 Å². The Morgan fingerprint density at radius 3 is 2.73 bits per heavy atom. The Kier molecular flexibility index (Phi) is 4.22. The minimum Gasteiger partial charge on any atom is -0.294 e. The fourth-order valence-corrected chi connectivity index (χ4v) is 4.82. The number of aryl methyl sites for hydroxylation is 1. The molecule has 2 aromatic carbocycles. The third kappa shape index (κ3) is 3.21. The van der Waals surface area contributed by atoms with Crippen molar-refractivity contribution in [3.63, 3.8) is 0 Å². The van der Waals surface area contributed by atoms with Crippen LogP contribution >= 0.6 is 22.9 Å². The van der Waals surface area contributed by atoms with E-state index in [0.717, 1.165) is 21.9 Å². The Labute approximate surface area is 160 Å². The average Bonchev–Trinajstić information content (AvgIpc) is 3.17. The molecule has 0 saturated carbocycles. The molecular weight excluding hydrogens is 390 g/mol. The summed E-state index contributed by atoms with van der Waals surface area (Å²) in [5.41, 5.74) is 3.22. The van der Waals surface area contributed by atoms with Crippen molar-refractivity contribution in [2.75, 3.05) is 4.72 Å². The number of hydrogen-bond acceptors (Lipinski definition) is 4. The van der Waals surface area contributed by atoms with Crippen LogP contribution in [0.4, 0.5) is 5.69 Å². The molecule has 8 heteroatoms. The zero-order valence-corrected chi connectivity index (χ0v) is 16.1. The molecule has 0 spiro atoms. The van der Waals surface area contributed by atoms with Gasteiger partial charge in [0.15, 0.2) is 4.96 Å². The third-order valence-corrected chi connectivity index (χ3v) is 6.48. The minimum atomic E-state index is -3.71. The maximum Gasteiger partial charge on any atom is 0.261 e. The molecule has 132 valence electrons. The molecule has 0 bridgehead atoms. The predicted octanol–water partition coefficient (Wildman–Crippen LogP) is 4.83. The van der Waals surface area contributed by atoms with Crippen LogP contribution < -0.4 is 4.72 Å². The first-order valence-corrected chi connectivity index (χ1v) is 10.5. The Morgan fingerprint density at radius 2 is 1.96 bits per heavy atom. The molecule has 2 heterocycles. The highest BCUT2D eigenvalue weighted by Crippen LogP contribution is 2.26. The highest BCUT2D eigenvalue weighted by molar-refractivity contribution is 7.92. The van der Waals surface area contributed by atoms with Crippen LogP contribution in [0.2, 0.25) is 5.02 Å². The fourth-order valence-electron chi connectivity index (χ4n) is 2.62. The monoisotopic (exact) mass is 403 g/mol. The summed E-state index contributed by atoms with van der Waals surface area (Å²) in [6, 6.07) is 13.3. The largest absolute Gasteiger partial charge is 0.294 e. The Balaban J connectivity index is 1.67. The molecule has 2 aromatic heterocycles. The minimum absolute atomic E-state index is 0.119. The summed E-state index contributed by atoms with van der Waals surface area (Å²) in [7, 11) is -3.71. The van der Waals surface area contributed by atoms with E-state index in [-0.39, 0.29) is 4.90 Å². The first-order valence-electron chi connectivity index (χ1n) is 7.74. The van der Waals surface area contributed by atoms with E-state index in [4.69, 9.17) is 11.6 Å². The van der Waals surface area contributed by atoms with E-state index in [1.54, 1.807) is 41.7 Å². The number of aromatic nitrogens is 2. The number of nitrogens with one attached hydrogen (secondary N) is 1. The molecule has 0 atom stereocenters. The van der Waals surface area contributed by atoms with Crippen LogP contribution in [0.1, 0.15) is 5.69 Å². The van der Waals surface area contributed by atoms with Gasteiger partial charge in [-0.15, -0.1) is 11.3 Å². The number of anilines is 1. The summed E-state index contributed by atoms with van der Waals surface area (Å²) in [6.07, 6.45) is 1.95. The highest BCUT2D eigenvalue weighted by atomic mass is 35.5. The van der Waals surface area contributed by atoms with Crippen LogP contribution in [0.5, 0.6) is 0 Å². The molecule has 0 amide bonds. The normalized spacial score (nSPS) is 11.8. The van der Waals surface area contributed by atoms with Crippen LogP contribution in [0.3, 0.4) is 0 Å². The van der Waals surface area contributed by atoms with Crippen LogP contribution in [0, 0.1) is 6.92 Å². The van der Waals surface area contributed by atoms with E-state index in [1.165, 1.54) is 12.1 Å². The zero-order valence-electron chi connectivity index (χ0n) is 13.7. The van der Waals surface area contributed by atoms with Crippen LogP contribution in [-0.4, -0.2) is 17.8 Å². The quantitative estimate of drug-likeness (QED) is 0.531.